The van der Waals surface area contributed by atoms with Crippen LogP contribution in [-0.4, -0.2) is 17.2 Å². The van der Waals surface area contributed by atoms with Crippen molar-refractivity contribution >= 4 is 5.69 Å². The molecule has 0 amide bonds. The van der Waals surface area contributed by atoms with Crippen LogP contribution < -0.4 is 5.32 Å². The van der Waals surface area contributed by atoms with Crippen molar-refractivity contribution in [2.45, 2.75) is 70.6 Å². The van der Waals surface area contributed by atoms with Gasteiger partial charge in [0, 0.05) is 11.7 Å². The van der Waals surface area contributed by atoms with Gasteiger partial charge in [-0.3, -0.25) is 0 Å². The van der Waals surface area contributed by atoms with Crippen LogP contribution in [0, 0.1) is 5.92 Å². The van der Waals surface area contributed by atoms with E-state index in [4.69, 9.17) is 4.74 Å². The second-order valence-corrected chi connectivity index (χ2v) is 7.75. The van der Waals surface area contributed by atoms with Gasteiger partial charge in [-0.05, 0) is 70.9 Å². The topological polar surface area (TPSA) is 21.3 Å². The molecule has 1 aromatic rings. The summed E-state index contributed by atoms with van der Waals surface area (Å²) >= 11 is 0. The van der Waals surface area contributed by atoms with E-state index in [0.717, 1.165) is 6.42 Å². The summed E-state index contributed by atoms with van der Waals surface area (Å²) in [6.07, 6.45) is 2.34. The first kappa shape index (κ1) is 13.9. The Balaban J connectivity index is 1.98. The third kappa shape index (κ3) is 2.35. The highest BCUT2D eigenvalue weighted by atomic mass is 16.5. The minimum atomic E-state index is -0.0433. The number of nitrogens with one attached hydrogen (secondary N) is 1. The monoisotopic (exact) mass is 273 g/mol. The molecule has 0 spiro atoms. The molecule has 1 fully saturated rings. The van der Waals surface area contributed by atoms with Gasteiger partial charge in [0.25, 0.3) is 0 Å². The Morgan fingerprint density at radius 2 is 1.85 bits per heavy atom. The Labute approximate surface area is 122 Å². The van der Waals surface area contributed by atoms with Gasteiger partial charge in [-0.15, -0.1) is 0 Å². The van der Waals surface area contributed by atoms with Crippen molar-refractivity contribution in [1.82, 2.24) is 0 Å². The summed E-state index contributed by atoms with van der Waals surface area (Å²) in [5.74, 6) is 1.18. The Bertz CT molecular complexity index is 506. The maximum absolute atomic E-state index is 6.33. The number of rotatable bonds is 1. The van der Waals surface area contributed by atoms with Gasteiger partial charge in [0.05, 0.1) is 11.2 Å². The molecule has 20 heavy (non-hydrogen) atoms. The number of hydrogen-bond donors (Lipinski definition) is 1. The zero-order valence-electron chi connectivity index (χ0n) is 13.4. The van der Waals surface area contributed by atoms with Gasteiger partial charge >= 0.3 is 0 Å². The van der Waals surface area contributed by atoms with Crippen molar-refractivity contribution in [1.29, 1.82) is 0 Å². The fraction of sp³-hybridized carbons (Fsp3) is 0.667. The van der Waals surface area contributed by atoms with Crippen LogP contribution in [0.25, 0.3) is 0 Å². The molecule has 2 heterocycles. The molecule has 0 bridgehead atoms. The second kappa shape index (κ2) is 4.49. The van der Waals surface area contributed by atoms with E-state index in [0.29, 0.717) is 17.9 Å². The molecule has 2 nitrogen and oxygen atoms in total. The zero-order valence-corrected chi connectivity index (χ0v) is 13.4. The first-order chi connectivity index (χ1) is 9.28. The van der Waals surface area contributed by atoms with E-state index in [2.05, 4.69) is 64.2 Å². The van der Waals surface area contributed by atoms with Crippen LogP contribution in [0.1, 0.15) is 58.9 Å². The fourth-order valence-electron chi connectivity index (χ4n) is 4.40. The van der Waals surface area contributed by atoms with E-state index < -0.39 is 0 Å². The van der Waals surface area contributed by atoms with Crippen LogP contribution in [0.5, 0.6) is 0 Å². The minimum Gasteiger partial charge on any atom is -0.382 e. The van der Waals surface area contributed by atoms with E-state index in [1.165, 1.54) is 17.7 Å². The molecule has 110 valence electrons. The van der Waals surface area contributed by atoms with Crippen LogP contribution in [0.15, 0.2) is 24.3 Å². The molecular weight excluding hydrogens is 246 g/mol. The van der Waals surface area contributed by atoms with Gasteiger partial charge in [0.2, 0.25) is 0 Å². The van der Waals surface area contributed by atoms with Gasteiger partial charge in [-0.25, -0.2) is 0 Å². The van der Waals surface area contributed by atoms with Crippen LogP contribution in [0.4, 0.5) is 5.69 Å². The lowest BCUT2D eigenvalue weighted by atomic mass is 9.70. The summed E-state index contributed by atoms with van der Waals surface area (Å²) in [6.45, 7) is 11.3. The summed E-state index contributed by atoms with van der Waals surface area (Å²) in [5.41, 5.74) is 2.75. The van der Waals surface area contributed by atoms with Gasteiger partial charge in [0.15, 0.2) is 0 Å². The minimum absolute atomic E-state index is 0.00275. The van der Waals surface area contributed by atoms with Gasteiger partial charge in [0.1, 0.15) is 0 Å². The Morgan fingerprint density at radius 3 is 2.50 bits per heavy atom. The van der Waals surface area contributed by atoms with Crippen LogP contribution in [0.3, 0.4) is 0 Å². The molecule has 3 unspecified atom stereocenters. The molecule has 0 saturated carbocycles. The quantitative estimate of drug-likeness (QED) is 0.809. The SMILES string of the molecule is CC1CC(C2CC(C)(C)OC2(C)C)c2ccccc2N1. The van der Waals surface area contributed by atoms with Crippen molar-refractivity contribution in [2.24, 2.45) is 5.92 Å². The van der Waals surface area contributed by atoms with E-state index in [-0.39, 0.29) is 11.2 Å². The third-order valence-electron chi connectivity index (χ3n) is 5.00. The molecule has 2 aliphatic heterocycles. The van der Waals surface area contributed by atoms with Crippen LogP contribution >= 0.6 is 0 Å². The normalized spacial score (nSPS) is 34.4. The molecule has 3 rings (SSSR count). The lowest BCUT2D eigenvalue weighted by molar-refractivity contribution is -0.0772. The first-order valence-electron chi connectivity index (χ1n) is 7.84. The number of fused-ring (bicyclic) bond motifs is 1. The average molecular weight is 273 g/mol. The predicted molar refractivity (Wildman–Crippen MR) is 84.2 cm³/mol. The lowest BCUT2D eigenvalue weighted by Gasteiger charge is -2.39. The Morgan fingerprint density at radius 1 is 1.15 bits per heavy atom. The van der Waals surface area contributed by atoms with E-state index in [1.807, 2.05) is 0 Å². The zero-order chi connectivity index (χ0) is 14.5. The molecular formula is C18H27NO. The maximum atomic E-state index is 6.33. The summed E-state index contributed by atoms with van der Waals surface area (Å²) in [6, 6.07) is 9.33. The lowest BCUT2D eigenvalue weighted by Crippen LogP contribution is -2.37. The van der Waals surface area contributed by atoms with Gasteiger partial charge in [-0.2, -0.15) is 0 Å². The highest BCUT2D eigenvalue weighted by Crippen LogP contribution is 2.52. The Hall–Kier alpha value is -1.02. The number of ether oxygens (including phenoxy) is 1. The van der Waals surface area contributed by atoms with Crippen LogP contribution in [0.2, 0.25) is 0 Å². The van der Waals surface area contributed by atoms with Crippen molar-refractivity contribution in [3.8, 4) is 0 Å². The van der Waals surface area contributed by atoms with Crippen molar-refractivity contribution in [2.75, 3.05) is 5.32 Å². The number of para-hydroxylation sites is 1. The number of hydrogen-bond acceptors (Lipinski definition) is 2. The van der Waals surface area contributed by atoms with Crippen molar-refractivity contribution < 1.29 is 4.74 Å². The van der Waals surface area contributed by atoms with Gasteiger partial charge in [-0.1, -0.05) is 18.2 Å². The average Bonchev–Trinajstić information content (AvgIpc) is 2.56. The standard InChI is InChI=1S/C18H27NO/c1-12-10-14(13-8-6-7-9-16(13)19-12)15-11-17(2,3)20-18(15,4)5/h6-9,12,14-15,19H,10-11H2,1-5H3. The smallest absolute Gasteiger partial charge is 0.0668 e. The van der Waals surface area contributed by atoms with Crippen molar-refractivity contribution in [3.05, 3.63) is 29.8 Å². The first-order valence-corrected chi connectivity index (χ1v) is 7.84. The molecule has 3 atom stereocenters. The molecule has 0 aliphatic carbocycles. The summed E-state index contributed by atoms with van der Waals surface area (Å²) in [4.78, 5) is 0. The Kier molecular flexibility index (Phi) is 3.13. The predicted octanol–water partition coefficient (Wildman–Crippen LogP) is 4.57. The summed E-state index contributed by atoms with van der Waals surface area (Å²) in [5, 5.41) is 3.62. The van der Waals surface area contributed by atoms with E-state index >= 15 is 0 Å². The summed E-state index contributed by atoms with van der Waals surface area (Å²) in [7, 11) is 0. The third-order valence-corrected chi connectivity index (χ3v) is 5.00. The fourth-order valence-corrected chi connectivity index (χ4v) is 4.40. The summed E-state index contributed by atoms with van der Waals surface area (Å²) < 4.78 is 6.33. The second-order valence-electron chi connectivity index (χ2n) is 7.75. The highest BCUT2D eigenvalue weighted by molar-refractivity contribution is 5.56. The number of anilines is 1. The molecule has 0 radical (unpaired) electrons. The van der Waals surface area contributed by atoms with Crippen molar-refractivity contribution in [3.63, 3.8) is 0 Å². The molecule has 1 N–H and O–H groups in total. The highest BCUT2D eigenvalue weighted by Gasteiger charge is 2.50. The molecule has 2 aliphatic rings. The maximum Gasteiger partial charge on any atom is 0.0668 e. The molecule has 1 saturated heterocycles. The van der Waals surface area contributed by atoms with Crippen LogP contribution in [-0.2, 0) is 4.74 Å². The van der Waals surface area contributed by atoms with E-state index in [9.17, 15) is 0 Å². The largest absolute Gasteiger partial charge is 0.382 e. The van der Waals surface area contributed by atoms with E-state index in [1.54, 1.807) is 0 Å². The molecule has 2 heteroatoms. The molecule has 1 aromatic carbocycles. The van der Waals surface area contributed by atoms with Gasteiger partial charge < -0.3 is 10.1 Å². The number of benzene rings is 1. The molecule has 0 aromatic heterocycles.